The molecule has 1 fully saturated rings. The van der Waals surface area contributed by atoms with Crippen LogP contribution in [0.4, 0.5) is 0 Å². The van der Waals surface area contributed by atoms with Crippen LogP contribution in [0, 0.1) is 0 Å². The number of hydrogen-bond acceptors (Lipinski definition) is 3. The number of carbonyl (C=O) groups is 1. The molecule has 118 valence electrons. The molecule has 0 aliphatic heterocycles. The highest BCUT2D eigenvalue weighted by Gasteiger charge is 2.31. The van der Waals surface area contributed by atoms with Crippen LogP contribution in [-0.2, 0) is 4.79 Å². The maximum atomic E-state index is 11.3. The van der Waals surface area contributed by atoms with E-state index in [0.29, 0.717) is 13.0 Å². The Morgan fingerprint density at radius 1 is 1.30 bits per heavy atom. The van der Waals surface area contributed by atoms with Crippen LogP contribution in [-0.4, -0.2) is 47.2 Å². The van der Waals surface area contributed by atoms with Gasteiger partial charge in [0.2, 0.25) is 0 Å². The Morgan fingerprint density at radius 2 is 1.95 bits per heavy atom. The lowest BCUT2D eigenvalue weighted by molar-refractivity contribution is -0.144. The molecule has 1 aliphatic rings. The number of nitrogens with zero attached hydrogens (tertiary/aromatic N) is 1. The highest BCUT2D eigenvalue weighted by atomic mass is 16.4. The summed E-state index contributed by atoms with van der Waals surface area (Å²) in [5, 5.41) is 12.4. The Morgan fingerprint density at radius 3 is 2.45 bits per heavy atom. The van der Waals surface area contributed by atoms with Crippen molar-refractivity contribution in [3.63, 3.8) is 0 Å². The largest absolute Gasteiger partial charge is 0.480 e. The number of carboxylic acid groups (broad SMARTS) is 1. The summed E-state index contributed by atoms with van der Waals surface area (Å²) in [4.78, 5) is 13.9. The molecule has 4 heteroatoms. The predicted octanol–water partition coefficient (Wildman–Crippen LogP) is 2.87. The second-order valence-corrected chi connectivity index (χ2v) is 6.19. The molecule has 0 heterocycles. The first kappa shape index (κ1) is 17.4. The molecule has 1 saturated carbocycles. The summed E-state index contributed by atoms with van der Waals surface area (Å²) in [6.07, 6.45) is 8.21. The first-order valence-electron chi connectivity index (χ1n) is 8.26. The first-order valence-corrected chi connectivity index (χ1v) is 8.26. The van der Waals surface area contributed by atoms with E-state index in [1.807, 2.05) is 6.92 Å². The number of likely N-dealkylation sites (N-methyl/N-ethyl adjacent to an activating group) is 1. The number of carboxylic acids is 1. The Labute approximate surface area is 123 Å². The van der Waals surface area contributed by atoms with Gasteiger partial charge in [-0.3, -0.25) is 4.79 Å². The molecule has 1 aliphatic carbocycles. The summed E-state index contributed by atoms with van der Waals surface area (Å²) in [5.74, 6) is -0.734. The molecule has 0 amide bonds. The third-order valence-electron chi connectivity index (χ3n) is 4.66. The van der Waals surface area contributed by atoms with Gasteiger partial charge in [-0.2, -0.15) is 0 Å². The van der Waals surface area contributed by atoms with Gasteiger partial charge in [0.25, 0.3) is 0 Å². The molecule has 0 spiro atoms. The molecule has 4 nitrogen and oxygen atoms in total. The fourth-order valence-electron chi connectivity index (χ4n) is 3.32. The average molecular weight is 284 g/mol. The van der Waals surface area contributed by atoms with Crippen LogP contribution in [0.1, 0.15) is 65.7 Å². The Balaban J connectivity index is 2.29. The fraction of sp³-hybridized carbons (Fsp3) is 0.938. The molecule has 1 unspecified atom stereocenters. The molecule has 0 radical (unpaired) electrons. The van der Waals surface area contributed by atoms with E-state index >= 15 is 0 Å². The third kappa shape index (κ3) is 5.06. The van der Waals surface area contributed by atoms with Gasteiger partial charge in [0.15, 0.2) is 0 Å². The van der Waals surface area contributed by atoms with Gasteiger partial charge < -0.3 is 15.3 Å². The molecule has 1 atom stereocenters. The quantitative estimate of drug-likeness (QED) is 0.606. The first-order chi connectivity index (χ1) is 9.53. The normalized spacial score (nSPS) is 19.4. The van der Waals surface area contributed by atoms with Crippen molar-refractivity contribution in [2.75, 3.05) is 19.6 Å². The third-order valence-corrected chi connectivity index (χ3v) is 4.66. The molecule has 0 aromatic rings. The van der Waals surface area contributed by atoms with E-state index in [2.05, 4.69) is 17.1 Å². The van der Waals surface area contributed by atoms with Crippen LogP contribution in [0.5, 0.6) is 0 Å². The van der Waals surface area contributed by atoms with Gasteiger partial charge in [0.1, 0.15) is 5.54 Å². The topological polar surface area (TPSA) is 52.6 Å². The fourth-order valence-corrected chi connectivity index (χ4v) is 3.32. The monoisotopic (exact) mass is 284 g/mol. The van der Waals surface area contributed by atoms with Crippen LogP contribution in [0.3, 0.4) is 0 Å². The summed E-state index contributed by atoms with van der Waals surface area (Å²) in [6.45, 7) is 8.93. The maximum Gasteiger partial charge on any atom is 0.323 e. The maximum absolute atomic E-state index is 11.3. The van der Waals surface area contributed by atoms with Crippen molar-refractivity contribution in [1.29, 1.82) is 0 Å². The molecule has 2 N–H and O–H groups in total. The SMILES string of the molecule is CCNC(C)(CCCCN(CC)C1CCCC1)C(=O)O. The van der Waals surface area contributed by atoms with E-state index in [4.69, 9.17) is 0 Å². The summed E-state index contributed by atoms with van der Waals surface area (Å²) < 4.78 is 0. The smallest absolute Gasteiger partial charge is 0.323 e. The zero-order valence-electron chi connectivity index (χ0n) is 13.5. The van der Waals surface area contributed by atoms with Crippen molar-refractivity contribution < 1.29 is 9.90 Å². The predicted molar refractivity (Wildman–Crippen MR) is 83.1 cm³/mol. The molecular formula is C16H32N2O2. The van der Waals surface area contributed by atoms with Crippen molar-refractivity contribution >= 4 is 5.97 Å². The van der Waals surface area contributed by atoms with Crippen LogP contribution in [0.15, 0.2) is 0 Å². The lowest BCUT2D eigenvalue weighted by atomic mass is 9.94. The van der Waals surface area contributed by atoms with Crippen molar-refractivity contribution in [2.45, 2.75) is 77.3 Å². The lowest BCUT2D eigenvalue weighted by Crippen LogP contribution is -2.49. The second kappa shape index (κ2) is 8.63. The van der Waals surface area contributed by atoms with Gasteiger partial charge in [-0.05, 0) is 58.7 Å². The van der Waals surface area contributed by atoms with Crippen molar-refractivity contribution in [3.8, 4) is 0 Å². The summed E-state index contributed by atoms with van der Waals surface area (Å²) in [7, 11) is 0. The van der Waals surface area contributed by atoms with Crippen LogP contribution < -0.4 is 5.32 Å². The van der Waals surface area contributed by atoms with E-state index in [0.717, 1.165) is 32.0 Å². The standard InChI is InChI=1S/C16H32N2O2/c1-4-17-16(3,15(19)20)12-8-9-13-18(5-2)14-10-6-7-11-14/h14,17H,4-13H2,1-3H3,(H,19,20). The van der Waals surface area contributed by atoms with Gasteiger partial charge in [-0.1, -0.05) is 26.7 Å². The average Bonchev–Trinajstić information content (AvgIpc) is 2.93. The minimum atomic E-state index is -0.765. The lowest BCUT2D eigenvalue weighted by Gasteiger charge is -2.29. The minimum Gasteiger partial charge on any atom is -0.480 e. The number of hydrogen-bond donors (Lipinski definition) is 2. The number of nitrogens with one attached hydrogen (secondary N) is 1. The zero-order chi connectivity index (χ0) is 15.0. The summed E-state index contributed by atoms with van der Waals surface area (Å²) in [6, 6.07) is 0.777. The summed E-state index contributed by atoms with van der Waals surface area (Å²) in [5.41, 5.74) is -0.765. The molecule has 20 heavy (non-hydrogen) atoms. The van der Waals surface area contributed by atoms with Crippen molar-refractivity contribution in [2.24, 2.45) is 0 Å². The zero-order valence-corrected chi connectivity index (χ0v) is 13.5. The van der Waals surface area contributed by atoms with E-state index < -0.39 is 11.5 Å². The highest BCUT2D eigenvalue weighted by Crippen LogP contribution is 2.24. The number of unbranched alkanes of at least 4 members (excludes halogenated alkanes) is 1. The van der Waals surface area contributed by atoms with Gasteiger partial charge in [0, 0.05) is 6.04 Å². The molecular weight excluding hydrogens is 252 g/mol. The van der Waals surface area contributed by atoms with Gasteiger partial charge in [0.05, 0.1) is 0 Å². The molecule has 0 saturated heterocycles. The van der Waals surface area contributed by atoms with Crippen molar-refractivity contribution in [1.82, 2.24) is 10.2 Å². The van der Waals surface area contributed by atoms with Gasteiger partial charge >= 0.3 is 5.97 Å². The number of rotatable bonds is 10. The van der Waals surface area contributed by atoms with E-state index in [9.17, 15) is 9.90 Å². The molecule has 0 aromatic carbocycles. The Hall–Kier alpha value is -0.610. The molecule has 0 bridgehead atoms. The molecule has 0 aromatic heterocycles. The van der Waals surface area contributed by atoms with Crippen LogP contribution in [0.2, 0.25) is 0 Å². The van der Waals surface area contributed by atoms with E-state index in [1.54, 1.807) is 6.92 Å². The summed E-state index contributed by atoms with van der Waals surface area (Å²) >= 11 is 0. The van der Waals surface area contributed by atoms with Crippen molar-refractivity contribution in [3.05, 3.63) is 0 Å². The van der Waals surface area contributed by atoms with Gasteiger partial charge in [-0.15, -0.1) is 0 Å². The minimum absolute atomic E-state index is 0.700. The van der Waals surface area contributed by atoms with Crippen LogP contribution in [0.25, 0.3) is 0 Å². The Kier molecular flexibility index (Phi) is 7.52. The Bertz CT molecular complexity index is 290. The van der Waals surface area contributed by atoms with Crippen LogP contribution >= 0.6 is 0 Å². The van der Waals surface area contributed by atoms with E-state index in [-0.39, 0.29) is 0 Å². The van der Waals surface area contributed by atoms with E-state index in [1.165, 1.54) is 25.7 Å². The highest BCUT2D eigenvalue weighted by molar-refractivity contribution is 5.78. The van der Waals surface area contributed by atoms with Gasteiger partial charge in [-0.25, -0.2) is 0 Å². The number of aliphatic carboxylic acids is 1. The second-order valence-electron chi connectivity index (χ2n) is 6.19. The molecule has 1 rings (SSSR count).